The normalized spacial score (nSPS) is 22.8. The van der Waals surface area contributed by atoms with E-state index in [0.717, 1.165) is 24.3 Å². The van der Waals surface area contributed by atoms with E-state index in [1.165, 1.54) is 37.8 Å². The number of ether oxygens (including phenoxy) is 1. The molecule has 3 aromatic rings. The molecule has 0 spiro atoms. The number of hydrogen-bond acceptors (Lipinski definition) is 1. The van der Waals surface area contributed by atoms with Gasteiger partial charge in [-0.25, -0.2) is 26.3 Å². The predicted molar refractivity (Wildman–Crippen MR) is 129 cm³/mol. The third kappa shape index (κ3) is 5.37. The zero-order valence-electron chi connectivity index (χ0n) is 21.0. The minimum absolute atomic E-state index is 0.120. The molecule has 2 fully saturated rings. The molecule has 5 rings (SSSR count). The molecule has 208 valence electrons. The first-order valence-corrected chi connectivity index (χ1v) is 13.0. The van der Waals surface area contributed by atoms with Crippen LogP contribution in [0.2, 0.25) is 0 Å². The zero-order valence-corrected chi connectivity index (χ0v) is 21.0. The first-order valence-electron chi connectivity index (χ1n) is 13.0. The number of fused-ring (bicyclic) bond motifs is 1. The largest absolute Gasteiger partial charge is 0.432 e. The van der Waals surface area contributed by atoms with E-state index in [1.807, 2.05) is 0 Å². The number of hydrogen-bond donors (Lipinski definition) is 0. The minimum atomic E-state index is -4.72. The van der Waals surface area contributed by atoms with Gasteiger partial charge in [-0.15, -0.1) is 0 Å². The Morgan fingerprint density at radius 1 is 0.744 bits per heavy atom. The lowest BCUT2D eigenvalue weighted by molar-refractivity contribution is -0.189. The molecule has 3 aromatic carbocycles. The van der Waals surface area contributed by atoms with Crippen molar-refractivity contribution in [3.05, 3.63) is 88.5 Å². The minimum Gasteiger partial charge on any atom is -0.429 e. The molecule has 0 bridgehead atoms. The highest BCUT2D eigenvalue weighted by atomic mass is 19.3. The van der Waals surface area contributed by atoms with Crippen LogP contribution >= 0.6 is 0 Å². The van der Waals surface area contributed by atoms with E-state index in [0.29, 0.717) is 24.0 Å². The van der Waals surface area contributed by atoms with E-state index < -0.39 is 52.3 Å². The maximum absolute atomic E-state index is 15.1. The van der Waals surface area contributed by atoms with E-state index in [2.05, 4.69) is 11.7 Å². The van der Waals surface area contributed by atoms with Gasteiger partial charge in [-0.3, -0.25) is 0 Å². The van der Waals surface area contributed by atoms with Crippen molar-refractivity contribution in [1.29, 1.82) is 0 Å². The molecule has 2 atom stereocenters. The van der Waals surface area contributed by atoms with E-state index in [-0.39, 0.29) is 29.2 Å². The molecule has 2 aliphatic carbocycles. The lowest BCUT2D eigenvalue weighted by Gasteiger charge is -2.20. The van der Waals surface area contributed by atoms with Crippen molar-refractivity contribution >= 4 is 0 Å². The molecule has 0 N–H and O–H groups in total. The first-order chi connectivity index (χ1) is 18.5. The van der Waals surface area contributed by atoms with Gasteiger partial charge in [0.1, 0.15) is 28.8 Å². The Balaban J connectivity index is 1.35. The average Bonchev–Trinajstić information content (AvgIpc) is 3.40. The van der Waals surface area contributed by atoms with E-state index in [4.69, 9.17) is 0 Å². The lowest BCUT2D eigenvalue weighted by Crippen LogP contribution is -2.25. The van der Waals surface area contributed by atoms with E-state index in [9.17, 15) is 30.7 Å². The van der Waals surface area contributed by atoms with Crippen molar-refractivity contribution in [2.75, 3.05) is 0 Å². The molecule has 0 heterocycles. The molecule has 1 nitrogen and oxygen atoms in total. The third-order valence-electron chi connectivity index (χ3n) is 8.12. The maximum atomic E-state index is 15.1. The molecule has 0 saturated heterocycles. The fourth-order valence-corrected chi connectivity index (χ4v) is 6.47. The van der Waals surface area contributed by atoms with Crippen LogP contribution in [0.5, 0.6) is 5.75 Å². The van der Waals surface area contributed by atoms with Crippen LogP contribution in [-0.4, -0.2) is 0 Å². The van der Waals surface area contributed by atoms with Crippen LogP contribution in [-0.2, 0) is 6.11 Å². The lowest BCUT2D eigenvalue weighted by atomic mass is 9.90. The smallest absolute Gasteiger partial charge is 0.429 e. The molecule has 0 aromatic heterocycles. The number of alkyl halides is 2. The SMILES string of the molecule is CCCC1CC2CC(c3ccc(-c4cc(F)c(C(F)(F)Oc5cc(F)c(F)c(F)c5)c(F)c4)c(F)c3)CC2C1. The standard InChI is InChI=1S/C30H26F8O/c1-2-3-15-6-17-8-19(9-18(17)7-15)16-4-5-22(23(31)10-16)20-11-24(32)28(25(33)12-20)30(37,38)39-21-13-26(34)29(36)27(35)14-21/h4-5,10-15,17-19H,2-3,6-9H2,1H3. The summed E-state index contributed by atoms with van der Waals surface area (Å²) in [6.07, 6.45) is 2.01. The summed E-state index contributed by atoms with van der Waals surface area (Å²) in [7, 11) is 0. The molecule has 9 heteroatoms. The molecule has 0 amide bonds. The predicted octanol–water partition coefficient (Wildman–Crippen LogP) is 9.64. The molecule has 39 heavy (non-hydrogen) atoms. The van der Waals surface area contributed by atoms with Crippen molar-refractivity contribution in [3.63, 3.8) is 0 Å². The molecular weight excluding hydrogens is 528 g/mol. The summed E-state index contributed by atoms with van der Waals surface area (Å²) in [5.41, 5.74) is -1.52. The highest BCUT2D eigenvalue weighted by Crippen LogP contribution is 2.53. The first kappa shape index (κ1) is 27.5. The topological polar surface area (TPSA) is 9.23 Å². The van der Waals surface area contributed by atoms with Gasteiger partial charge in [0.05, 0.1) is 0 Å². The Labute approximate surface area is 220 Å². The summed E-state index contributed by atoms with van der Waals surface area (Å²) < 4.78 is 118. The Morgan fingerprint density at radius 2 is 1.33 bits per heavy atom. The van der Waals surface area contributed by atoms with Crippen molar-refractivity contribution in [2.24, 2.45) is 17.8 Å². The number of halogens is 8. The second-order valence-corrected chi connectivity index (χ2v) is 10.7. The van der Waals surface area contributed by atoms with E-state index >= 15 is 4.39 Å². The van der Waals surface area contributed by atoms with Gasteiger partial charge in [-0.1, -0.05) is 31.9 Å². The Hall–Kier alpha value is -3.10. The molecule has 2 unspecified atom stereocenters. The summed E-state index contributed by atoms with van der Waals surface area (Å²) in [4.78, 5) is 0. The Kier molecular flexibility index (Phi) is 7.37. The van der Waals surface area contributed by atoms with Crippen LogP contribution in [0.4, 0.5) is 35.1 Å². The van der Waals surface area contributed by atoms with Crippen LogP contribution in [0, 0.1) is 52.7 Å². The van der Waals surface area contributed by atoms with Gasteiger partial charge in [0, 0.05) is 17.7 Å². The highest BCUT2D eigenvalue weighted by Gasteiger charge is 2.43. The van der Waals surface area contributed by atoms with Gasteiger partial charge >= 0.3 is 6.11 Å². The quantitative estimate of drug-likeness (QED) is 0.209. The van der Waals surface area contributed by atoms with Crippen molar-refractivity contribution in [1.82, 2.24) is 0 Å². The summed E-state index contributed by atoms with van der Waals surface area (Å²) in [5.74, 6) is -8.80. The van der Waals surface area contributed by atoms with Gasteiger partial charge in [-0.05, 0) is 78.7 Å². The van der Waals surface area contributed by atoms with Crippen molar-refractivity contribution < 1.29 is 39.9 Å². The number of rotatable bonds is 7. The van der Waals surface area contributed by atoms with Gasteiger partial charge in [-0.2, -0.15) is 8.78 Å². The molecule has 0 radical (unpaired) electrons. The highest BCUT2D eigenvalue weighted by molar-refractivity contribution is 5.65. The Bertz CT molecular complexity index is 1330. The van der Waals surface area contributed by atoms with Crippen molar-refractivity contribution in [2.45, 2.75) is 57.5 Å². The molecular formula is C30H26F8O. The second kappa shape index (κ2) is 10.5. The number of benzene rings is 3. The van der Waals surface area contributed by atoms with Crippen LogP contribution < -0.4 is 4.74 Å². The zero-order chi connectivity index (χ0) is 28.1. The maximum Gasteiger partial charge on any atom is 0.432 e. The third-order valence-corrected chi connectivity index (χ3v) is 8.12. The second-order valence-electron chi connectivity index (χ2n) is 10.7. The summed E-state index contributed by atoms with van der Waals surface area (Å²) in [6.45, 7) is 2.18. The van der Waals surface area contributed by atoms with Crippen LogP contribution in [0.15, 0.2) is 42.5 Å². The summed E-state index contributed by atoms with van der Waals surface area (Å²) >= 11 is 0. The van der Waals surface area contributed by atoms with Gasteiger partial charge in [0.15, 0.2) is 17.5 Å². The molecule has 0 aliphatic heterocycles. The van der Waals surface area contributed by atoms with Crippen LogP contribution in [0.3, 0.4) is 0 Å². The Morgan fingerprint density at radius 3 is 1.87 bits per heavy atom. The summed E-state index contributed by atoms with van der Waals surface area (Å²) in [5, 5.41) is 0. The molecule has 2 saturated carbocycles. The van der Waals surface area contributed by atoms with Gasteiger partial charge in [0.25, 0.3) is 0 Å². The van der Waals surface area contributed by atoms with Crippen molar-refractivity contribution in [3.8, 4) is 16.9 Å². The average molecular weight is 555 g/mol. The fourth-order valence-electron chi connectivity index (χ4n) is 6.47. The summed E-state index contributed by atoms with van der Waals surface area (Å²) in [6, 6.07) is 5.73. The van der Waals surface area contributed by atoms with Gasteiger partial charge in [0.2, 0.25) is 0 Å². The van der Waals surface area contributed by atoms with E-state index in [1.54, 1.807) is 6.07 Å². The monoisotopic (exact) mass is 554 g/mol. The van der Waals surface area contributed by atoms with Gasteiger partial charge < -0.3 is 4.74 Å². The van der Waals surface area contributed by atoms with Crippen LogP contribution in [0.1, 0.15) is 62.5 Å². The van der Waals surface area contributed by atoms with Crippen LogP contribution in [0.25, 0.3) is 11.1 Å². The fraction of sp³-hybridized carbons (Fsp3) is 0.400. The molecule has 2 aliphatic rings.